The third-order valence-corrected chi connectivity index (χ3v) is 7.51. The highest BCUT2D eigenvalue weighted by Gasteiger charge is 2.35. The monoisotopic (exact) mass is 570 g/mol. The van der Waals surface area contributed by atoms with E-state index in [1.807, 2.05) is 0 Å². The van der Waals surface area contributed by atoms with Gasteiger partial charge in [0.1, 0.15) is 12.4 Å². The van der Waals surface area contributed by atoms with Gasteiger partial charge in [-0.3, -0.25) is 4.79 Å². The fourth-order valence-corrected chi connectivity index (χ4v) is 5.16. The van der Waals surface area contributed by atoms with E-state index >= 15 is 0 Å². The van der Waals surface area contributed by atoms with Crippen LogP contribution in [0, 0.1) is 11.2 Å². The summed E-state index contributed by atoms with van der Waals surface area (Å²) in [5.41, 5.74) is 2.84. The van der Waals surface area contributed by atoms with Crippen LogP contribution in [0.4, 0.5) is 15.0 Å². The molecule has 0 spiro atoms. The molecule has 1 aromatic carbocycles. The number of nitrogens with zero attached hydrogens (tertiary/aromatic N) is 3. The topological polar surface area (TPSA) is 104 Å². The molecule has 3 heterocycles. The van der Waals surface area contributed by atoms with E-state index in [-0.39, 0.29) is 30.2 Å². The zero-order valence-electron chi connectivity index (χ0n) is 24.5. The van der Waals surface area contributed by atoms with Crippen LogP contribution in [0.2, 0.25) is 0 Å². The van der Waals surface area contributed by atoms with Gasteiger partial charge in [-0.2, -0.15) is 0 Å². The highest BCUT2D eigenvalue weighted by atomic mass is 19.1. The lowest BCUT2D eigenvalue weighted by Gasteiger charge is -2.27. The van der Waals surface area contributed by atoms with Crippen molar-refractivity contribution in [2.75, 3.05) is 51.3 Å². The minimum absolute atomic E-state index is 0.0719. The standard InChI is InChI=1S/C31H43FN4O5/c1-31(2,3)12-17-40-18-19-41-27-11-9-23(20-25(27)32)26(21-28(37)38)36-16-15-35(30(36)39)14-5-7-24-10-8-22-6-4-13-33-29(22)34-24/h8-11,20,26H,4-7,12-19,21H2,1-3H3,(H,33,34)(H,37,38)/t26-/m0/s1. The molecule has 2 aromatic rings. The van der Waals surface area contributed by atoms with Crippen molar-refractivity contribution in [2.45, 2.75) is 65.3 Å². The van der Waals surface area contributed by atoms with Crippen molar-refractivity contribution in [3.8, 4) is 5.75 Å². The Balaban J connectivity index is 1.30. The molecule has 41 heavy (non-hydrogen) atoms. The van der Waals surface area contributed by atoms with Gasteiger partial charge in [-0.25, -0.2) is 14.2 Å². The first-order valence-corrected chi connectivity index (χ1v) is 14.6. The van der Waals surface area contributed by atoms with E-state index in [2.05, 4.69) is 38.2 Å². The minimum Gasteiger partial charge on any atom is -0.488 e. The second kappa shape index (κ2) is 14.0. The van der Waals surface area contributed by atoms with Gasteiger partial charge in [0.2, 0.25) is 0 Å². The van der Waals surface area contributed by atoms with Crippen LogP contribution in [-0.2, 0) is 22.4 Å². The normalized spacial score (nSPS) is 16.0. The van der Waals surface area contributed by atoms with E-state index in [4.69, 9.17) is 14.5 Å². The number of carboxylic acids is 1. The predicted molar refractivity (Wildman–Crippen MR) is 155 cm³/mol. The molecule has 1 aromatic heterocycles. The Labute approximate surface area is 242 Å². The van der Waals surface area contributed by atoms with Gasteiger partial charge in [-0.15, -0.1) is 0 Å². The van der Waals surface area contributed by atoms with Gasteiger partial charge >= 0.3 is 12.0 Å². The summed E-state index contributed by atoms with van der Waals surface area (Å²) < 4.78 is 26.1. The molecule has 2 N–H and O–H groups in total. The Kier molecular flexibility index (Phi) is 10.4. The van der Waals surface area contributed by atoms with Crippen molar-refractivity contribution in [3.05, 3.63) is 53.0 Å². The van der Waals surface area contributed by atoms with Crippen molar-refractivity contribution in [1.29, 1.82) is 0 Å². The van der Waals surface area contributed by atoms with Gasteiger partial charge in [0, 0.05) is 38.5 Å². The number of hydrogen-bond donors (Lipinski definition) is 2. The van der Waals surface area contributed by atoms with E-state index in [0.717, 1.165) is 50.2 Å². The lowest BCUT2D eigenvalue weighted by molar-refractivity contribution is -0.138. The van der Waals surface area contributed by atoms with Gasteiger partial charge < -0.3 is 29.7 Å². The third kappa shape index (κ3) is 8.79. The number of pyridine rings is 1. The van der Waals surface area contributed by atoms with E-state index in [0.29, 0.717) is 38.4 Å². The maximum atomic E-state index is 14.9. The molecular formula is C31H43FN4O5. The minimum atomic E-state index is -1.05. The number of carbonyl (C=O) groups is 2. The molecule has 9 nitrogen and oxygen atoms in total. The number of ether oxygens (including phenoxy) is 2. The van der Waals surface area contributed by atoms with Gasteiger partial charge in [-0.05, 0) is 66.8 Å². The fourth-order valence-electron chi connectivity index (χ4n) is 5.16. The molecule has 2 aliphatic rings. The molecule has 0 aliphatic carbocycles. The maximum absolute atomic E-state index is 14.9. The first kappa shape index (κ1) is 30.6. The van der Waals surface area contributed by atoms with Crippen molar-refractivity contribution in [2.24, 2.45) is 5.41 Å². The zero-order chi connectivity index (χ0) is 29.4. The summed E-state index contributed by atoms with van der Waals surface area (Å²) in [6.45, 7) is 9.92. The van der Waals surface area contributed by atoms with Gasteiger partial charge in [0.25, 0.3) is 0 Å². The number of aliphatic carboxylic acids is 1. The molecule has 0 bridgehead atoms. The summed E-state index contributed by atoms with van der Waals surface area (Å²) in [7, 11) is 0. The molecule has 1 saturated heterocycles. The first-order chi connectivity index (χ1) is 19.6. The highest BCUT2D eigenvalue weighted by Crippen LogP contribution is 2.31. The van der Waals surface area contributed by atoms with Crippen LogP contribution < -0.4 is 10.1 Å². The molecule has 0 unspecified atom stereocenters. The number of halogens is 1. The number of amides is 2. The van der Waals surface area contributed by atoms with Gasteiger partial charge in [0.15, 0.2) is 11.6 Å². The lowest BCUT2D eigenvalue weighted by Crippen LogP contribution is -2.36. The van der Waals surface area contributed by atoms with Crippen LogP contribution in [0.5, 0.6) is 5.75 Å². The number of aryl methyl sites for hydroxylation is 2. The summed E-state index contributed by atoms with van der Waals surface area (Å²) in [6.07, 6.45) is 4.24. The Bertz CT molecular complexity index is 1200. The molecule has 4 rings (SSSR count). The molecule has 1 atom stereocenters. The SMILES string of the molecule is CC(C)(C)CCOCCOc1ccc([C@H](CC(=O)O)N2CCN(CCCc3ccc4c(n3)NCCC4)C2=O)cc1F. The lowest BCUT2D eigenvalue weighted by atomic mass is 9.93. The Morgan fingerprint density at radius 1 is 1.17 bits per heavy atom. The smallest absolute Gasteiger partial charge is 0.320 e. The van der Waals surface area contributed by atoms with E-state index in [1.165, 1.54) is 22.6 Å². The van der Waals surface area contributed by atoms with Crippen LogP contribution in [0.3, 0.4) is 0 Å². The summed E-state index contributed by atoms with van der Waals surface area (Å²) in [4.78, 5) is 33.0. The molecule has 224 valence electrons. The average molecular weight is 571 g/mol. The van der Waals surface area contributed by atoms with Crippen LogP contribution in [-0.4, -0.2) is 77.9 Å². The van der Waals surface area contributed by atoms with Crippen LogP contribution >= 0.6 is 0 Å². The fraction of sp³-hybridized carbons (Fsp3) is 0.581. The number of urea groups is 1. The first-order valence-electron chi connectivity index (χ1n) is 14.6. The average Bonchev–Trinajstić information content (AvgIpc) is 3.29. The maximum Gasteiger partial charge on any atom is 0.320 e. The number of nitrogens with one attached hydrogen (secondary N) is 1. The summed E-state index contributed by atoms with van der Waals surface area (Å²) in [5, 5.41) is 12.9. The number of carbonyl (C=O) groups excluding carboxylic acids is 1. The number of rotatable bonds is 14. The van der Waals surface area contributed by atoms with E-state index in [1.54, 1.807) is 11.0 Å². The molecular weight excluding hydrogens is 527 g/mol. The number of aromatic nitrogens is 1. The second-order valence-electron chi connectivity index (χ2n) is 12.0. The summed E-state index contributed by atoms with van der Waals surface area (Å²) in [5.74, 6) is -0.617. The molecule has 2 aliphatic heterocycles. The summed E-state index contributed by atoms with van der Waals surface area (Å²) >= 11 is 0. The van der Waals surface area contributed by atoms with Crippen molar-refractivity contribution < 1.29 is 28.6 Å². The number of carboxylic acid groups (broad SMARTS) is 1. The largest absolute Gasteiger partial charge is 0.488 e. The molecule has 10 heteroatoms. The number of benzene rings is 1. The van der Waals surface area contributed by atoms with Crippen molar-refractivity contribution in [3.63, 3.8) is 0 Å². The molecule has 2 amide bonds. The van der Waals surface area contributed by atoms with Crippen LogP contribution in [0.15, 0.2) is 30.3 Å². The molecule has 1 fully saturated rings. The Morgan fingerprint density at radius 3 is 2.76 bits per heavy atom. The summed E-state index contributed by atoms with van der Waals surface area (Å²) in [6, 6.07) is 7.57. The van der Waals surface area contributed by atoms with Gasteiger partial charge in [0.05, 0.1) is 19.1 Å². The van der Waals surface area contributed by atoms with E-state index in [9.17, 15) is 19.1 Å². The predicted octanol–water partition coefficient (Wildman–Crippen LogP) is 5.30. The Morgan fingerprint density at radius 2 is 2.00 bits per heavy atom. The number of hydrogen-bond acceptors (Lipinski definition) is 6. The highest BCUT2D eigenvalue weighted by molar-refractivity contribution is 5.78. The van der Waals surface area contributed by atoms with Crippen molar-refractivity contribution >= 4 is 17.8 Å². The van der Waals surface area contributed by atoms with Crippen LogP contribution in [0.1, 0.15) is 69.3 Å². The quantitative estimate of drug-likeness (QED) is 0.297. The number of fused-ring (bicyclic) bond motifs is 1. The van der Waals surface area contributed by atoms with E-state index < -0.39 is 17.8 Å². The van der Waals surface area contributed by atoms with Crippen LogP contribution in [0.25, 0.3) is 0 Å². The molecule has 0 radical (unpaired) electrons. The molecule has 0 saturated carbocycles. The number of anilines is 1. The second-order valence-corrected chi connectivity index (χ2v) is 12.0. The van der Waals surface area contributed by atoms with Crippen molar-refractivity contribution in [1.82, 2.24) is 14.8 Å². The third-order valence-electron chi connectivity index (χ3n) is 7.51. The zero-order valence-corrected chi connectivity index (χ0v) is 24.5. The Hall–Kier alpha value is -3.40. The van der Waals surface area contributed by atoms with Gasteiger partial charge in [-0.1, -0.05) is 32.9 Å².